The number of anilines is 1. The van der Waals surface area contributed by atoms with Crippen molar-refractivity contribution < 1.29 is 19.1 Å². The number of methoxy groups -OCH3 is 1. The summed E-state index contributed by atoms with van der Waals surface area (Å²) in [5.74, 6) is -0.551. The highest BCUT2D eigenvalue weighted by Crippen LogP contribution is 2.33. The molecule has 0 N–H and O–H groups in total. The first kappa shape index (κ1) is 11.4. The number of benzene rings is 1. The lowest BCUT2D eigenvalue weighted by atomic mass is 10.2. The standard InChI is InChI=1S/C12H13NO4/c1-3-13-8-6-4-5-7-9(8)17-10(11(13)14)12(15)16-2/h4-7,10H,3H2,1-2H3/t10-/m0/s1. The molecular weight excluding hydrogens is 222 g/mol. The van der Waals surface area contributed by atoms with Crippen molar-refractivity contribution in [2.75, 3.05) is 18.6 Å². The monoisotopic (exact) mass is 235 g/mol. The molecule has 0 saturated heterocycles. The molecule has 1 aromatic rings. The Labute approximate surface area is 98.9 Å². The number of nitrogens with zero attached hydrogens (tertiary/aromatic N) is 1. The molecule has 2 rings (SSSR count). The molecule has 90 valence electrons. The minimum Gasteiger partial charge on any atom is -0.466 e. The summed E-state index contributed by atoms with van der Waals surface area (Å²) >= 11 is 0. The second-order valence-corrected chi connectivity index (χ2v) is 3.57. The van der Waals surface area contributed by atoms with Crippen molar-refractivity contribution in [1.29, 1.82) is 0 Å². The maximum absolute atomic E-state index is 12.0. The maximum atomic E-state index is 12.0. The molecule has 1 heterocycles. The molecule has 0 aromatic heterocycles. The van der Waals surface area contributed by atoms with Gasteiger partial charge in [-0.1, -0.05) is 12.1 Å². The highest BCUT2D eigenvalue weighted by Gasteiger charge is 2.39. The van der Waals surface area contributed by atoms with E-state index in [0.29, 0.717) is 18.0 Å². The third-order valence-electron chi connectivity index (χ3n) is 2.62. The van der Waals surface area contributed by atoms with Gasteiger partial charge in [0.1, 0.15) is 5.75 Å². The lowest BCUT2D eigenvalue weighted by Crippen LogP contribution is -2.50. The summed E-state index contributed by atoms with van der Waals surface area (Å²) < 4.78 is 9.92. The number of rotatable bonds is 2. The predicted octanol–water partition coefficient (Wildman–Crippen LogP) is 0.973. The molecule has 0 aliphatic carbocycles. The number of amides is 1. The van der Waals surface area contributed by atoms with Gasteiger partial charge in [0.25, 0.3) is 12.0 Å². The Bertz CT molecular complexity index is 458. The summed E-state index contributed by atoms with van der Waals surface area (Å²) in [6.45, 7) is 2.32. The molecule has 5 heteroatoms. The Hall–Kier alpha value is -2.04. The van der Waals surface area contributed by atoms with Crippen LogP contribution in [0.1, 0.15) is 6.92 Å². The lowest BCUT2D eigenvalue weighted by Gasteiger charge is -2.32. The van der Waals surface area contributed by atoms with Crippen LogP contribution >= 0.6 is 0 Å². The van der Waals surface area contributed by atoms with Crippen LogP contribution in [0.5, 0.6) is 5.75 Å². The van der Waals surface area contributed by atoms with E-state index in [1.165, 1.54) is 12.0 Å². The number of carbonyl (C=O) groups excluding carboxylic acids is 2. The Balaban J connectivity index is 2.42. The number of carbonyl (C=O) groups is 2. The number of hydrogen-bond donors (Lipinski definition) is 0. The topological polar surface area (TPSA) is 55.8 Å². The third kappa shape index (κ3) is 1.84. The normalized spacial score (nSPS) is 18.4. The molecule has 0 spiro atoms. The fraction of sp³-hybridized carbons (Fsp3) is 0.333. The van der Waals surface area contributed by atoms with Crippen LogP contribution in [0.3, 0.4) is 0 Å². The SMILES string of the molecule is CCN1C(=O)[C@@H](C(=O)OC)Oc2ccccc21. The van der Waals surface area contributed by atoms with Gasteiger partial charge in [0.15, 0.2) is 0 Å². The van der Waals surface area contributed by atoms with Crippen LogP contribution in [-0.4, -0.2) is 31.6 Å². The van der Waals surface area contributed by atoms with Crippen molar-refractivity contribution in [2.45, 2.75) is 13.0 Å². The molecule has 1 aliphatic rings. The van der Waals surface area contributed by atoms with E-state index in [4.69, 9.17) is 4.74 Å². The quantitative estimate of drug-likeness (QED) is 0.566. The first-order valence-electron chi connectivity index (χ1n) is 5.34. The van der Waals surface area contributed by atoms with E-state index >= 15 is 0 Å². The van der Waals surface area contributed by atoms with Crippen LogP contribution in [0, 0.1) is 0 Å². The molecule has 0 bridgehead atoms. The fourth-order valence-electron chi connectivity index (χ4n) is 1.80. The van der Waals surface area contributed by atoms with Gasteiger partial charge in [0, 0.05) is 6.54 Å². The van der Waals surface area contributed by atoms with E-state index in [9.17, 15) is 9.59 Å². The van der Waals surface area contributed by atoms with E-state index in [-0.39, 0.29) is 0 Å². The summed E-state index contributed by atoms with van der Waals surface area (Å²) in [6, 6.07) is 7.11. The van der Waals surface area contributed by atoms with Crippen molar-refractivity contribution >= 4 is 17.6 Å². The number of esters is 1. The maximum Gasteiger partial charge on any atom is 0.357 e. The van der Waals surface area contributed by atoms with Gasteiger partial charge in [-0.15, -0.1) is 0 Å². The van der Waals surface area contributed by atoms with Crippen LogP contribution in [-0.2, 0) is 14.3 Å². The summed E-state index contributed by atoms with van der Waals surface area (Å²) in [6.07, 6.45) is -1.20. The zero-order valence-electron chi connectivity index (χ0n) is 9.67. The molecule has 0 radical (unpaired) electrons. The van der Waals surface area contributed by atoms with Gasteiger partial charge < -0.3 is 14.4 Å². The Morgan fingerprint density at radius 2 is 2.18 bits per heavy atom. The van der Waals surface area contributed by atoms with E-state index in [0.717, 1.165) is 0 Å². The summed E-state index contributed by atoms with van der Waals surface area (Å²) in [5.41, 5.74) is 0.681. The van der Waals surface area contributed by atoms with Gasteiger partial charge >= 0.3 is 5.97 Å². The molecule has 1 aromatic carbocycles. The zero-order valence-corrected chi connectivity index (χ0v) is 9.67. The van der Waals surface area contributed by atoms with Gasteiger partial charge in [-0.3, -0.25) is 4.79 Å². The Morgan fingerprint density at radius 3 is 2.82 bits per heavy atom. The Morgan fingerprint density at radius 1 is 1.47 bits per heavy atom. The van der Waals surface area contributed by atoms with Crippen LogP contribution in [0.15, 0.2) is 24.3 Å². The molecule has 1 amide bonds. The average Bonchev–Trinajstić information content (AvgIpc) is 2.37. The van der Waals surface area contributed by atoms with Gasteiger partial charge in [0.2, 0.25) is 0 Å². The second-order valence-electron chi connectivity index (χ2n) is 3.57. The molecule has 0 saturated carbocycles. The van der Waals surface area contributed by atoms with Crippen LogP contribution in [0.25, 0.3) is 0 Å². The molecule has 17 heavy (non-hydrogen) atoms. The minimum atomic E-state index is -1.20. The van der Waals surface area contributed by atoms with Crippen molar-refractivity contribution in [3.8, 4) is 5.75 Å². The third-order valence-corrected chi connectivity index (χ3v) is 2.62. The first-order valence-corrected chi connectivity index (χ1v) is 5.34. The minimum absolute atomic E-state index is 0.391. The van der Waals surface area contributed by atoms with Crippen LogP contribution in [0.4, 0.5) is 5.69 Å². The summed E-state index contributed by atoms with van der Waals surface area (Å²) in [7, 11) is 1.23. The van der Waals surface area contributed by atoms with Gasteiger partial charge in [-0.2, -0.15) is 0 Å². The smallest absolute Gasteiger partial charge is 0.357 e. The average molecular weight is 235 g/mol. The number of fused-ring (bicyclic) bond motifs is 1. The Kier molecular flexibility index (Phi) is 2.99. The van der Waals surface area contributed by atoms with E-state index in [2.05, 4.69) is 4.74 Å². The van der Waals surface area contributed by atoms with E-state index < -0.39 is 18.0 Å². The number of likely N-dealkylation sites (N-methyl/N-ethyl adjacent to an activating group) is 1. The molecule has 5 nitrogen and oxygen atoms in total. The highest BCUT2D eigenvalue weighted by molar-refractivity contribution is 6.11. The molecule has 0 fully saturated rings. The summed E-state index contributed by atoms with van der Waals surface area (Å²) in [4.78, 5) is 25.0. The highest BCUT2D eigenvalue weighted by atomic mass is 16.6. The lowest BCUT2D eigenvalue weighted by molar-refractivity contribution is -0.153. The van der Waals surface area contributed by atoms with Crippen LogP contribution < -0.4 is 9.64 Å². The predicted molar refractivity (Wildman–Crippen MR) is 60.9 cm³/mol. The van der Waals surface area contributed by atoms with Crippen molar-refractivity contribution in [2.24, 2.45) is 0 Å². The largest absolute Gasteiger partial charge is 0.466 e. The van der Waals surface area contributed by atoms with Gasteiger partial charge in [-0.05, 0) is 19.1 Å². The number of para-hydroxylation sites is 2. The molecule has 0 unspecified atom stereocenters. The molecule has 1 aliphatic heterocycles. The van der Waals surface area contributed by atoms with Crippen LogP contribution in [0.2, 0.25) is 0 Å². The second kappa shape index (κ2) is 4.45. The van der Waals surface area contributed by atoms with Crippen molar-refractivity contribution in [1.82, 2.24) is 0 Å². The fourth-order valence-corrected chi connectivity index (χ4v) is 1.80. The van der Waals surface area contributed by atoms with Gasteiger partial charge in [-0.25, -0.2) is 4.79 Å². The van der Waals surface area contributed by atoms with Crippen molar-refractivity contribution in [3.05, 3.63) is 24.3 Å². The molecular formula is C12H13NO4. The molecule has 1 atom stereocenters. The first-order chi connectivity index (χ1) is 8.19. The van der Waals surface area contributed by atoms with Gasteiger partial charge in [0.05, 0.1) is 12.8 Å². The zero-order chi connectivity index (χ0) is 12.4. The van der Waals surface area contributed by atoms with E-state index in [1.807, 2.05) is 13.0 Å². The van der Waals surface area contributed by atoms with Crippen molar-refractivity contribution in [3.63, 3.8) is 0 Å². The number of hydrogen-bond acceptors (Lipinski definition) is 4. The van der Waals surface area contributed by atoms with E-state index in [1.54, 1.807) is 18.2 Å². The summed E-state index contributed by atoms with van der Waals surface area (Å²) in [5, 5.41) is 0. The number of ether oxygens (including phenoxy) is 2.